The molecule has 2 aromatic rings. The van der Waals surface area contributed by atoms with E-state index in [1.54, 1.807) is 0 Å². The number of nitrogens with zero attached hydrogens (tertiary/aromatic N) is 1. The second-order valence-electron chi connectivity index (χ2n) is 6.41. The highest BCUT2D eigenvalue weighted by molar-refractivity contribution is 5.76. The zero-order chi connectivity index (χ0) is 16.6. The number of anilines is 1. The molecule has 0 radical (unpaired) electrons. The summed E-state index contributed by atoms with van der Waals surface area (Å²) < 4.78 is 0. The van der Waals surface area contributed by atoms with E-state index in [0.717, 1.165) is 32.5 Å². The number of amides is 1. The molecule has 3 heteroatoms. The summed E-state index contributed by atoms with van der Waals surface area (Å²) in [5.74, 6) is 0.151. The first kappa shape index (κ1) is 16.6. The first-order chi connectivity index (χ1) is 11.8. The fourth-order valence-electron chi connectivity index (χ4n) is 3.33. The van der Waals surface area contributed by atoms with Crippen LogP contribution in [-0.2, 0) is 17.6 Å². The monoisotopic (exact) mass is 322 g/mol. The summed E-state index contributed by atoms with van der Waals surface area (Å²) in [4.78, 5) is 14.4. The number of hydrogen-bond acceptors (Lipinski definition) is 2. The molecular weight excluding hydrogens is 296 g/mol. The molecule has 0 aliphatic carbocycles. The second-order valence-corrected chi connectivity index (χ2v) is 6.41. The zero-order valence-electron chi connectivity index (χ0n) is 14.2. The van der Waals surface area contributed by atoms with E-state index in [0.29, 0.717) is 6.42 Å². The molecule has 0 spiro atoms. The number of carbonyl (C=O) groups excluding carboxylic acids is 1. The minimum Gasteiger partial charge on any atom is -0.371 e. The molecule has 2 aromatic carbocycles. The molecule has 0 atom stereocenters. The fourth-order valence-corrected chi connectivity index (χ4v) is 3.33. The van der Waals surface area contributed by atoms with E-state index >= 15 is 0 Å². The summed E-state index contributed by atoms with van der Waals surface area (Å²) in [6, 6.07) is 18.9. The van der Waals surface area contributed by atoms with Gasteiger partial charge in [-0.2, -0.15) is 0 Å². The van der Waals surface area contributed by atoms with Gasteiger partial charge in [0.15, 0.2) is 0 Å². The van der Waals surface area contributed by atoms with Gasteiger partial charge in [0, 0.05) is 31.7 Å². The standard InChI is InChI=1S/C21H26N2O/c24-21(14-13-18-8-2-1-3-9-18)22-15-7-17-23-16-6-11-19-10-4-5-12-20(19)23/h1-5,8-10,12H,6-7,11,13-17H2,(H,22,24). The van der Waals surface area contributed by atoms with Crippen LogP contribution in [0.1, 0.15) is 30.4 Å². The van der Waals surface area contributed by atoms with E-state index in [4.69, 9.17) is 0 Å². The zero-order valence-corrected chi connectivity index (χ0v) is 14.2. The minimum absolute atomic E-state index is 0.151. The Bertz CT molecular complexity index is 654. The van der Waals surface area contributed by atoms with Crippen LogP contribution in [0.5, 0.6) is 0 Å². The van der Waals surface area contributed by atoms with Gasteiger partial charge in [0.1, 0.15) is 0 Å². The van der Waals surface area contributed by atoms with Crippen LogP contribution in [0.4, 0.5) is 5.69 Å². The van der Waals surface area contributed by atoms with Crippen molar-refractivity contribution in [1.29, 1.82) is 0 Å². The van der Waals surface area contributed by atoms with Crippen molar-refractivity contribution in [2.75, 3.05) is 24.5 Å². The number of benzene rings is 2. The van der Waals surface area contributed by atoms with Crippen molar-refractivity contribution in [3.05, 3.63) is 65.7 Å². The molecule has 0 unspecified atom stereocenters. The Morgan fingerprint density at radius 1 is 1.04 bits per heavy atom. The molecule has 3 rings (SSSR count). The lowest BCUT2D eigenvalue weighted by molar-refractivity contribution is -0.121. The highest BCUT2D eigenvalue weighted by Gasteiger charge is 2.15. The van der Waals surface area contributed by atoms with Crippen molar-refractivity contribution >= 4 is 11.6 Å². The summed E-state index contributed by atoms with van der Waals surface area (Å²) in [5, 5.41) is 3.05. The predicted molar refractivity (Wildman–Crippen MR) is 99.4 cm³/mol. The smallest absolute Gasteiger partial charge is 0.220 e. The van der Waals surface area contributed by atoms with E-state index in [-0.39, 0.29) is 5.91 Å². The molecule has 0 fully saturated rings. The molecule has 1 aliphatic heterocycles. The van der Waals surface area contributed by atoms with Crippen molar-refractivity contribution in [3.63, 3.8) is 0 Å². The number of carbonyl (C=O) groups is 1. The average Bonchev–Trinajstić information content (AvgIpc) is 2.64. The summed E-state index contributed by atoms with van der Waals surface area (Å²) in [7, 11) is 0. The first-order valence-corrected chi connectivity index (χ1v) is 8.96. The van der Waals surface area contributed by atoms with Crippen molar-refractivity contribution in [2.24, 2.45) is 0 Å². The Kier molecular flexibility index (Phi) is 5.89. The molecule has 3 nitrogen and oxygen atoms in total. The van der Waals surface area contributed by atoms with Crippen molar-refractivity contribution < 1.29 is 4.79 Å². The van der Waals surface area contributed by atoms with Crippen LogP contribution >= 0.6 is 0 Å². The largest absolute Gasteiger partial charge is 0.371 e. The van der Waals surface area contributed by atoms with E-state index < -0.39 is 0 Å². The molecule has 0 aromatic heterocycles. The van der Waals surface area contributed by atoms with Gasteiger partial charge in [-0.05, 0) is 42.9 Å². The van der Waals surface area contributed by atoms with E-state index in [9.17, 15) is 4.79 Å². The van der Waals surface area contributed by atoms with E-state index in [1.165, 1.54) is 29.7 Å². The summed E-state index contributed by atoms with van der Waals surface area (Å²) in [5.41, 5.74) is 4.05. The molecule has 126 valence electrons. The summed E-state index contributed by atoms with van der Waals surface area (Å²) in [6.45, 7) is 2.89. The van der Waals surface area contributed by atoms with Gasteiger partial charge < -0.3 is 10.2 Å². The SMILES string of the molecule is O=C(CCc1ccccc1)NCCCN1CCCc2ccccc21. The Hall–Kier alpha value is -2.29. The molecule has 0 bridgehead atoms. The average molecular weight is 322 g/mol. The lowest BCUT2D eigenvalue weighted by Gasteiger charge is -2.31. The Morgan fingerprint density at radius 3 is 2.71 bits per heavy atom. The van der Waals surface area contributed by atoms with Gasteiger partial charge in [0.05, 0.1) is 0 Å². The molecule has 1 aliphatic rings. The van der Waals surface area contributed by atoms with Gasteiger partial charge in [-0.3, -0.25) is 4.79 Å². The van der Waals surface area contributed by atoms with Gasteiger partial charge >= 0.3 is 0 Å². The van der Waals surface area contributed by atoms with Crippen molar-refractivity contribution in [3.8, 4) is 0 Å². The van der Waals surface area contributed by atoms with Crippen LogP contribution < -0.4 is 10.2 Å². The van der Waals surface area contributed by atoms with Gasteiger partial charge in [0.2, 0.25) is 5.91 Å². The van der Waals surface area contributed by atoms with E-state index in [1.807, 2.05) is 18.2 Å². The summed E-state index contributed by atoms with van der Waals surface area (Å²) in [6.07, 6.45) is 4.78. The molecule has 1 heterocycles. The van der Waals surface area contributed by atoms with Gasteiger partial charge in [-0.1, -0.05) is 48.5 Å². The van der Waals surface area contributed by atoms with Crippen molar-refractivity contribution in [2.45, 2.75) is 32.1 Å². The van der Waals surface area contributed by atoms with Gasteiger partial charge in [-0.15, -0.1) is 0 Å². The molecule has 1 N–H and O–H groups in total. The predicted octanol–water partition coefficient (Wildman–Crippen LogP) is 3.58. The molecule has 0 saturated carbocycles. The maximum Gasteiger partial charge on any atom is 0.220 e. The van der Waals surface area contributed by atoms with Crippen LogP contribution in [0.15, 0.2) is 54.6 Å². The highest BCUT2D eigenvalue weighted by Crippen LogP contribution is 2.26. The third-order valence-corrected chi connectivity index (χ3v) is 4.62. The topological polar surface area (TPSA) is 32.3 Å². The third kappa shape index (κ3) is 4.60. The fraction of sp³-hybridized carbons (Fsp3) is 0.381. The van der Waals surface area contributed by atoms with Gasteiger partial charge in [-0.25, -0.2) is 0 Å². The maximum absolute atomic E-state index is 11.9. The van der Waals surface area contributed by atoms with Crippen LogP contribution in [0.25, 0.3) is 0 Å². The van der Waals surface area contributed by atoms with Gasteiger partial charge in [0.25, 0.3) is 0 Å². The van der Waals surface area contributed by atoms with Crippen LogP contribution in [-0.4, -0.2) is 25.5 Å². The number of hydrogen-bond donors (Lipinski definition) is 1. The molecule has 1 amide bonds. The number of fused-ring (bicyclic) bond motifs is 1. The Morgan fingerprint density at radius 2 is 1.83 bits per heavy atom. The second kappa shape index (κ2) is 8.53. The number of nitrogens with one attached hydrogen (secondary N) is 1. The lowest BCUT2D eigenvalue weighted by atomic mass is 10.0. The normalized spacial score (nSPS) is 13.4. The minimum atomic E-state index is 0.151. The van der Waals surface area contributed by atoms with Crippen LogP contribution in [0.3, 0.4) is 0 Å². The quantitative estimate of drug-likeness (QED) is 0.790. The van der Waals surface area contributed by atoms with Crippen LogP contribution in [0, 0.1) is 0 Å². The van der Waals surface area contributed by atoms with E-state index in [2.05, 4.69) is 46.6 Å². The molecule has 24 heavy (non-hydrogen) atoms. The number of aryl methyl sites for hydroxylation is 2. The Balaban J connectivity index is 1.36. The summed E-state index contributed by atoms with van der Waals surface area (Å²) >= 11 is 0. The highest BCUT2D eigenvalue weighted by atomic mass is 16.1. The first-order valence-electron chi connectivity index (χ1n) is 8.96. The maximum atomic E-state index is 11.9. The molecular formula is C21H26N2O. The number of rotatable bonds is 7. The Labute approximate surface area is 144 Å². The van der Waals surface area contributed by atoms with Crippen molar-refractivity contribution in [1.82, 2.24) is 5.32 Å². The lowest BCUT2D eigenvalue weighted by Crippen LogP contribution is -2.33. The van der Waals surface area contributed by atoms with Crippen LogP contribution in [0.2, 0.25) is 0 Å². The number of para-hydroxylation sites is 1. The molecule has 0 saturated heterocycles. The third-order valence-electron chi connectivity index (χ3n) is 4.62.